The maximum Gasteiger partial charge on any atom is 0.313 e. The van der Waals surface area contributed by atoms with Crippen LogP contribution in [0.15, 0.2) is 48.6 Å². The predicted octanol–water partition coefficient (Wildman–Crippen LogP) is 4.05. The summed E-state index contributed by atoms with van der Waals surface area (Å²) >= 11 is 6.11. The Morgan fingerprint density at radius 2 is 1.74 bits per heavy atom. The molecule has 0 saturated carbocycles. The molecule has 9 heteroatoms. The monoisotopic (exact) mass is 556 g/mol. The van der Waals surface area contributed by atoms with Crippen LogP contribution in [-0.4, -0.2) is 71.3 Å². The minimum Gasteiger partial charge on any atom is -0.465 e. The fourth-order valence-corrected chi connectivity index (χ4v) is 6.76. The van der Waals surface area contributed by atoms with Gasteiger partial charge < -0.3 is 24.4 Å². The first-order valence-corrected chi connectivity index (χ1v) is 14.4. The molecule has 1 spiro atoms. The molecule has 0 radical (unpaired) electrons. The third kappa shape index (κ3) is 5.03. The summed E-state index contributed by atoms with van der Waals surface area (Å²) in [6.07, 6.45) is 13.1. The number of cyclic esters (lactones) is 1. The number of carbonyl (C=O) groups is 3. The number of aliphatic hydroxyl groups excluding tert-OH is 1. The number of allylic oxidation sites excluding steroid dienone is 1. The highest BCUT2D eigenvalue weighted by atomic mass is 35.5. The average Bonchev–Trinajstić information content (AvgIpc) is 3.24. The number of esters is 1. The van der Waals surface area contributed by atoms with Gasteiger partial charge in [0.15, 0.2) is 0 Å². The summed E-state index contributed by atoms with van der Waals surface area (Å²) in [7, 11) is 0. The van der Waals surface area contributed by atoms with Gasteiger partial charge in [-0.15, -0.1) is 0 Å². The van der Waals surface area contributed by atoms with Crippen LogP contribution in [0.3, 0.4) is 0 Å². The number of anilines is 1. The highest BCUT2D eigenvalue weighted by Gasteiger charge is 2.74. The lowest BCUT2D eigenvalue weighted by molar-refractivity contribution is -0.158. The summed E-state index contributed by atoms with van der Waals surface area (Å²) < 4.78 is 12.5. The van der Waals surface area contributed by atoms with Gasteiger partial charge in [0.25, 0.3) is 5.91 Å². The number of fused-ring (bicyclic) bond motifs is 2. The zero-order valence-electron chi connectivity index (χ0n) is 22.4. The maximum absolute atomic E-state index is 14.4. The maximum atomic E-state index is 14.4. The summed E-state index contributed by atoms with van der Waals surface area (Å²) in [6, 6.07) is 6.11. The number of amides is 2. The Bertz CT molecular complexity index is 1150. The van der Waals surface area contributed by atoms with Gasteiger partial charge in [-0.2, -0.15) is 0 Å². The molecule has 39 heavy (non-hydrogen) atoms. The van der Waals surface area contributed by atoms with Gasteiger partial charge in [0.2, 0.25) is 5.91 Å². The zero-order chi connectivity index (χ0) is 27.6. The molecule has 4 heterocycles. The summed E-state index contributed by atoms with van der Waals surface area (Å²) in [6.45, 7) is 2.91. The molecule has 4 aliphatic heterocycles. The van der Waals surface area contributed by atoms with Crippen molar-refractivity contribution < 1.29 is 29.0 Å². The zero-order valence-corrected chi connectivity index (χ0v) is 23.1. The predicted molar refractivity (Wildman–Crippen MR) is 147 cm³/mol. The van der Waals surface area contributed by atoms with E-state index < -0.39 is 35.0 Å². The van der Waals surface area contributed by atoms with E-state index in [0.29, 0.717) is 43.2 Å². The molecule has 0 aromatic heterocycles. The lowest BCUT2D eigenvalue weighted by Gasteiger charge is -2.37. The van der Waals surface area contributed by atoms with Gasteiger partial charge in [-0.1, -0.05) is 48.7 Å². The number of carbonyl (C=O) groups excluding carboxylic acids is 3. The Morgan fingerprint density at radius 3 is 2.51 bits per heavy atom. The van der Waals surface area contributed by atoms with Gasteiger partial charge in [0, 0.05) is 30.4 Å². The van der Waals surface area contributed by atoms with Gasteiger partial charge in [0.05, 0.1) is 18.1 Å². The van der Waals surface area contributed by atoms with Crippen molar-refractivity contribution in [3.05, 3.63) is 53.6 Å². The van der Waals surface area contributed by atoms with Gasteiger partial charge in [-0.25, -0.2) is 0 Å². The second-order valence-corrected chi connectivity index (χ2v) is 11.5. The molecule has 8 nitrogen and oxygen atoms in total. The van der Waals surface area contributed by atoms with Gasteiger partial charge >= 0.3 is 5.97 Å². The van der Waals surface area contributed by atoms with Crippen LogP contribution in [0, 0.1) is 11.8 Å². The van der Waals surface area contributed by atoms with Crippen molar-refractivity contribution in [3.63, 3.8) is 0 Å². The fraction of sp³-hybridized carbons (Fsp3) is 0.567. The molecule has 2 fully saturated rings. The van der Waals surface area contributed by atoms with Gasteiger partial charge in [-0.3, -0.25) is 14.4 Å². The Hall–Kier alpha value is -2.68. The van der Waals surface area contributed by atoms with E-state index in [9.17, 15) is 14.4 Å². The number of hydrogen-bond acceptors (Lipinski definition) is 6. The molecule has 1 unspecified atom stereocenters. The fourth-order valence-electron chi connectivity index (χ4n) is 6.64. The Kier molecular flexibility index (Phi) is 8.17. The smallest absolute Gasteiger partial charge is 0.313 e. The van der Waals surface area contributed by atoms with Crippen LogP contribution in [0.25, 0.3) is 0 Å². The van der Waals surface area contributed by atoms with E-state index >= 15 is 0 Å². The first-order valence-electron chi connectivity index (χ1n) is 14.0. The molecule has 1 N–H and O–H groups in total. The van der Waals surface area contributed by atoms with Crippen LogP contribution in [0.4, 0.5) is 5.69 Å². The molecule has 5 atom stereocenters. The Labute approximate surface area is 234 Å². The molecule has 0 aliphatic carbocycles. The van der Waals surface area contributed by atoms with Crippen molar-refractivity contribution in [2.75, 3.05) is 31.2 Å². The van der Waals surface area contributed by atoms with Crippen molar-refractivity contribution >= 4 is 35.1 Å². The Morgan fingerprint density at radius 1 is 0.974 bits per heavy atom. The van der Waals surface area contributed by atoms with E-state index in [0.717, 1.165) is 32.1 Å². The number of rotatable bonds is 7. The van der Waals surface area contributed by atoms with Crippen LogP contribution < -0.4 is 4.90 Å². The summed E-state index contributed by atoms with van der Waals surface area (Å²) in [5.74, 6) is -2.72. The van der Waals surface area contributed by atoms with Crippen molar-refractivity contribution in [1.82, 2.24) is 4.90 Å². The quantitative estimate of drug-likeness (QED) is 0.309. The van der Waals surface area contributed by atoms with E-state index in [1.165, 1.54) is 0 Å². The van der Waals surface area contributed by atoms with Crippen molar-refractivity contribution in [2.45, 2.75) is 69.1 Å². The average molecular weight is 557 g/mol. The molecule has 1 aromatic rings. The number of unbranched alkanes of at least 4 members (excludes halogenated alkanes) is 3. The normalized spacial score (nSPS) is 33.3. The first kappa shape index (κ1) is 27.9. The third-order valence-corrected chi connectivity index (χ3v) is 8.70. The van der Waals surface area contributed by atoms with Gasteiger partial charge in [0.1, 0.15) is 17.6 Å². The number of ether oxygens (including phenoxy) is 2. The molecule has 210 valence electrons. The molecular formula is C30H37ClN2O6. The SMILES string of the molecule is C[C@]12/C=C\CCCCOC(=O)[C@H]1[C@H]1C(=O)N(CCCCCCO)C3C(=O)N(c4ccc(Cl)cc4)CC=C[C@@]31O2. The molecular weight excluding hydrogens is 520 g/mol. The van der Waals surface area contributed by atoms with Crippen molar-refractivity contribution in [3.8, 4) is 0 Å². The molecule has 1 aromatic carbocycles. The van der Waals surface area contributed by atoms with Crippen LogP contribution >= 0.6 is 11.6 Å². The number of halogens is 1. The molecule has 4 aliphatic rings. The number of aliphatic hydroxyl groups is 1. The molecule has 0 bridgehead atoms. The molecule has 2 saturated heterocycles. The second-order valence-electron chi connectivity index (χ2n) is 11.1. The van der Waals surface area contributed by atoms with Crippen LogP contribution in [0.1, 0.15) is 51.9 Å². The summed E-state index contributed by atoms with van der Waals surface area (Å²) in [4.78, 5) is 45.5. The van der Waals surface area contributed by atoms with Crippen LogP contribution in [0.2, 0.25) is 5.02 Å². The second kappa shape index (κ2) is 11.4. The molecule has 2 amide bonds. The van der Waals surface area contributed by atoms with E-state index in [-0.39, 0.29) is 18.4 Å². The minimum absolute atomic E-state index is 0.125. The number of benzene rings is 1. The Balaban J connectivity index is 1.56. The van der Waals surface area contributed by atoms with Crippen LogP contribution in [-0.2, 0) is 23.9 Å². The highest BCUT2D eigenvalue weighted by molar-refractivity contribution is 6.30. The summed E-state index contributed by atoms with van der Waals surface area (Å²) in [5, 5.41) is 9.71. The summed E-state index contributed by atoms with van der Waals surface area (Å²) in [5.41, 5.74) is -1.73. The van der Waals surface area contributed by atoms with Crippen molar-refractivity contribution in [2.24, 2.45) is 11.8 Å². The number of likely N-dealkylation sites (tertiary alicyclic amines) is 1. The number of hydrogen-bond donors (Lipinski definition) is 1. The first-order chi connectivity index (χ1) is 18.8. The largest absolute Gasteiger partial charge is 0.465 e. The third-order valence-electron chi connectivity index (χ3n) is 8.45. The standard InChI is InChI=1S/C30H37ClN2O6/c1-29-15-6-2-5-9-20-38-28(37)24(29)23-26(35)33(17-7-3-4-8-19-34)25-27(36)32(18-10-16-30(23,25)39-29)22-13-11-21(31)12-14-22/h6,10-16,23-25,34H,2-5,7-9,17-20H2,1H3/b15-6-/t23-,24+,25?,29-,30-/m0/s1. The molecule has 5 rings (SSSR count). The van der Waals surface area contributed by atoms with Crippen molar-refractivity contribution in [1.29, 1.82) is 0 Å². The van der Waals surface area contributed by atoms with Gasteiger partial charge in [-0.05, 0) is 63.3 Å². The topological polar surface area (TPSA) is 96.4 Å². The highest BCUT2D eigenvalue weighted by Crippen LogP contribution is 2.57. The minimum atomic E-state index is -1.31. The lowest BCUT2D eigenvalue weighted by Crippen LogP contribution is -2.56. The lowest BCUT2D eigenvalue weighted by atomic mass is 9.74. The van der Waals surface area contributed by atoms with E-state index in [1.807, 2.05) is 31.2 Å². The van der Waals surface area contributed by atoms with E-state index in [1.54, 1.807) is 34.1 Å². The van der Waals surface area contributed by atoms with Crippen LogP contribution in [0.5, 0.6) is 0 Å². The van der Waals surface area contributed by atoms with E-state index in [4.69, 9.17) is 26.2 Å². The number of nitrogens with zero attached hydrogens (tertiary/aromatic N) is 2. The van der Waals surface area contributed by atoms with E-state index in [2.05, 4.69) is 0 Å².